The molecule has 2 radical (unpaired) electrons. The fourth-order valence-electron chi connectivity index (χ4n) is 1.94. The first-order chi connectivity index (χ1) is 5.93. The molecule has 2 rings (SSSR count). The second-order valence-electron chi connectivity index (χ2n) is 3.88. The fraction of sp³-hybridized carbons (Fsp3) is 0.833. The van der Waals surface area contributed by atoms with E-state index in [-0.39, 0.29) is 17.1 Å². The van der Waals surface area contributed by atoms with Gasteiger partial charge in [0.15, 0.2) is 0 Å². The van der Waals surface area contributed by atoms with Crippen molar-refractivity contribution in [3.8, 4) is 0 Å². The molecule has 0 aromatic rings. The van der Waals surface area contributed by atoms with Crippen molar-refractivity contribution in [1.82, 2.24) is 0 Å². The zero-order chi connectivity index (χ0) is 8.65. The van der Waals surface area contributed by atoms with Gasteiger partial charge in [-0.05, 0) is 31.6 Å². The predicted octanol–water partition coefficient (Wildman–Crippen LogP) is 4.31. The van der Waals surface area contributed by atoms with Crippen LogP contribution in [-0.4, -0.2) is 0 Å². The third-order valence-electron chi connectivity index (χ3n) is 2.84. The van der Waals surface area contributed by atoms with E-state index >= 15 is 0 Å². The van der Waals surface area contributed by atoms with E-state index in [1.54, 1.807) is 5.92 Å². The van der Waals surface area contributed by atoms with Crippen molar-refractivity contribution in [2.24, 2.45) is 0 Å². The fourth-order valence-corrected chi connectivity index (χ4v) is 1.94. The molecule has 78 valence electrons. The average molecular weight is 222 g/mol. The van der Waals surface area contributed by atoms with E-state index in [0.29, 0.717) is 0 Å². The second-order valence-corrected chi connectivity index (χ2v) is 3.88. The van der Waals surface area contributed by atoms with Gasteiger partial charge in [-0.1, -0.05) is 45.4 Å². The molecule has 0 N–H and O–H groups in total. The van der Waals surface area contributed by atoms with E-state index in [1.165, 1.54) is 57.8 Å². The van der Waals surface area contributed by atoms with E-state index < -0.39 is 0 Å². The Balaban J connectivity index is 0.000000215. The summed E-state index contributed by atoms with van der Waals surface area (Å²) in [5.41, 5.74) is 0. The second kappa shape index (κ2) is 9.09. The summed E-state index contributed by atoms with van der Waals surface area (Å²) in [5, 5.41) is 0. The standard InChI is InChI=1S/C7H12.C5H10.Fe/c1-2-7-5-3-4-6-7;1-2-4-5-3-1;/h5H,2-4,6H2,1H3;1-5H2;. The van der Waals surface area contributed by atoms with Crippen molar-refractivity contribution in [1.29, 1.82) is 0 Å². The molecular formula is C12H22Fe. The van der Waals surface area contributed by atoms with Gasteiger partial charge in [-0.2, -0.15) is 0 Å². The molecule has 0 saturated heterocycles. The van der Waals surface area contributed by atoms with Gasteiger partial charge >= 0.3 is 0 Å². The van der Waals surface area contributed by atoms with Crippen LogP contribution in [0.15, 0.2) is 0 Å². The topological polar surface area (TPSA) is 0 Å². The maximum atomic E-state index is 2.38. The Kier molecular flexibility index (Phi) is 9.45. The monoisotopic (exact) mass is 222 g/mol. The minimum absolute atomic E-state index is 0. The van der Waals surface area contributed by atoms with Gasteiger partial charge in [0.25, 0.3) is 0 Å². The van der Waals surface area contributed by atoms with Gasteiger partial charge in [-0.25, -0.2) is 0 Å². The summed E-state index contributed by atoms with van der Waals surface area (Å²) in [6.07, 6.45) is 15.3. The molecule has 2 saturated carbocycles. The van der Waals surface area contributed by atoms with E-state index in [2.05, 4.69) is 13.3 Å². The molecule has 0 spiro atoms. The first-order valence-electron chi connectivity index (χ1n) is 5.61. The van der Waals surface area contributed by atoms with Crippen molar-refractivity contribution < 1.29 is 17.1 Å². The molecule has 0 aliphatic heterocycles. The maximum absolute atomic E-state index is 2.38. The van der Waals surface area contributed by atoms with Gasteiger partial charge in [0.1, 0.15) is 0 Å². The molecule has 2 aliphatic carbocycles. The molecule has 0 atom stereocenters. The molecule has 0 heterocycles. The van der Waals surface area contributed by atoms with Crippen LogP contribution >= 0.6 is 0 Å². The van der Waals surface area contributed by atoms with Crippen LogP contribution in [0.3, 0.4) is 0 Å². The van der Waals surface area contributed by atoms with Crippen LogP contribution in [0.1, 0.15) is 64.7 Å². The SMILES string of the molecule is C1CCCC1.CC[C]1[CH]CCC1.[Fe]. The summed E-state index contributed by atoms with van der Waals surface area (Å²) < 4.78 is 0. The zero-order valence-corrected chi connectivity index (χ0v) is 9.90. The quantitative estimate of drug-likeness (QED) is 0.580. The van der Waals surface area contributed by atoms with E-state index in [9.17, 15) is 0 Å². The van der Waals surface area contributed by atoms with Gasteiger partial charge in [0.05, 0.1) is 0 Å². The first kappa shape index (κ1) is 13.5. The summed E-state index contributed by atoms with van der Waals surface area (Å²) in [5.74, 6) is 1.67. The number of hydrogen-bond donors (Lipinski definition) is 0. The summed E-state index contributed by atoms with van der Waals surface area (Å²) in [6.45, 7) is 2.23. The van der Waals surface area contributed by atoms with Crippen LogP contribution in [0.2, 0.25) is 0 Å². The molecule has 2 fully saturated rings. The number of hydrogen-bond acceptors (Lipinski definition) is 0. The molecule has 0 nitrogen and oxygen atoms in total. The Morgan fingerprint density at radius 1 is 1.00 bits per heavy atom. The molecule has 0 aromatic carbocycles. The van der Waals surface area contributed by atoms with E-state index in [1.807, 2.05) is 0 Å². The zero-order valence-electron chi connectivity index (χ0n) is 8.79. The van der Waals surface area contributed by atoms with Crippen molar-refractivity contribution >= 4 is 0 Å². The third kappa shape index (κ3) is 6.57. The maximum Gasteiger partial charge on any atom is 0 e. The average Bonchev–Trinajstić information content (AvgIpc) is 2.81. The summed E-state index contributed by atoms with van der Waals surface area (Å²) >= 11 is 0. The molecule has 13 heavy (non-hydrogen) atoms. The molecule has 2 aliphatic rings. The number of rotatable bonds is 1. The van der Waals surface area contributed by atoms with Crippen molar-refractivity contribution in [2.45, 2.75) is 64.7 Å². The van der Waals surface area contributed by atoms with Crippen LogP contribution in [-0.2, 0) is 17.1 Å². The third-order valence-corrected chi connectivity index (χ3v) is 2.84. The van der Waals surface area contributed by atoms with E-state index in [0.717, 1.165) is 0 Å². The van der Waals surface area contributed by atoms with Gasteiger partial charge in [0.2, 0.25) is 0 Å². The van der Waals surface area contributed by atoms with Crippen LogP contribution in [0.4, 0.5) is 0 Å². The van der Waals surface area contributed by atoms with Gasteiger partial charge in [-0.15, -0.1) is 0 Å². The Hall–Kier alpha value is 0.519. The van der Waals surface area contributed by atoms with Gasteiger partial charge < -0.3 is 0 Å². The Labute approximate surface area is 94.3 Å². The van der Waals surface area contributed by atoms with E-state index in [4.69, 9.17) is 0 Å². The van der Waals surface area contributed by atoms with Crippen molar-refractivity contribution in [3.63, 3.8) is 0 Å². The Bertz CT molecular complexity index is 83.7. The molecule has 1 heteroatoms. The van der Waals surface area contributed by atoms with Crippen LogP contribution in [0, 0.1) is 12.3 Å². The van der Waals surface area contributed by atoms with Gasteiger partial charge in [0, 0.05) is 17.1 Å². The molecule has 0 amide bonds. The van der Waals surface area contributed by atoms with Crippen molar-refractivity contribution in [3.05, 3.63) is 12.3 Å². The summed E-state index contributed by atoms with van der Waals surface area (Å²) in [6, 6.07) is 0. The minimum atomic E-state index is 0. The summed E-state index contributed by atoms with van der Waals surface area (Å²) in [7, 11) is 0. The van der Waals surface area contributed by atoms with Gasteiger partial charge in [-0.3, -0.25) is 0 Å². The largest absolute Gasteiger partial charge is 0.0648 e. The Morgan fingerprint density at radius 2 is 1.54 bits per heavy atom. The predicted molar refractivity (Wildman–Crippen MR) is 54.8 cm³/mol. The molecule has 0 unspecified atom stereocenters. The molecule has 0 bridgehead atoms. The summed E-state index contributed by atoms with van der Waals surface area (Å²) in [4.78, 5) is 0. The Morgan fingerprint density at radius 3 is 1.77 bits per heavy atom. The van der Waals surface area contributed by atoms with Crippen LogP contribution in [0.25, 0.3) is 0 Å². The first-order valence-corrected chi connectivity index (χ1v) is 5.61. The van der Waals surface area contributed by atoms with Crippen LogP contribution in [0.5, 0.6) is 0 Å². The normalized spacial score (nSPS) is 21.9. The smallest absolute Gasteiger partial charge is 0 e. The molecular weight excluding hydrogens is 200 g/mol. The van der Waals surface area contributed by atoms with Crippen molar-refractivity contribution in [2.75, 3.05) is 0 Å². The minimum Gasteiger partial charge on any atom is -0.0648 e. The molecule has 0 aromatic heterocycles. The van der Waals surface area contributed by atoms with Crippen LogP contribution < -0.4 is 0 Å².